The van der Waals surface area contributed by atoms with E-state index in [4.69, 9.17) is 14.2 Å². The third-order valence-corrected chi connectivity index (χ3v) is 4.54. The van der Waals surface area contributed by atoms with Crippen LogP contribution in [0, 0.1) is 0 Å². The van der Waals surface area contributed by atoms with Crippen LogP contribution in [0.4, 0.5) is 4.79 Å². The van der Waals surface area contributed by atoms with Crippen LogP contribution in [0.25, 0.3) is 6.08 Å². The average molecular weight is 351 g/mol. The van der Waals surface area contributed by atoms with Crippen LogP contribution in [0.3, 0.4) is 0 Å². The number of imide groups is 1. The molecule has 6 nitrogen and oxygen atoms in total. The molecule has 0 atom stereocenters. The molecule has 1 saturated heterocycles. The van der Waals surface area contributed by atoms with Crippen molar-refractivity contribution in [2.75, 3.05) is 27.9 Å². The number of unbranched alkanes of at least 4 members (excludes halogenated alkanes) is 1. The Kier molecular flexibility index (Phi) is 6.14. The number of hydrogen-bond acceptors (Lipinski definition) is 6. The molecule has 0 aromatic heterocycles. The van der Waals surface area contributed by atoms with Crippen molar-refractivity contribution in [1.82, 2.24) is 4.90 Å². The molecule has 1 aliphatic heterocycles. The summed E-state index contributed by atoms with van der Waals surface area (Å²) in [6.07, 6.45) is 3.37. The molecule has 0 saturated carbocycles. The number of carbonyl (C=O) groups is 2. The van der Waals surface area contributed by atoms with Crippen molar-refractivity contribution < 1.29 is 23.8 Å². The van der Waals surface area contributed by atoms with E-state index in [1.54, 1.807) is 18.2 Å². The van der Waals surface area contributed by atoms with Gasteiger partial charge < -0.3 is 14.2 Å². The Bertz CT molecular complexity index is 671. The summed E-state index contributed by atoms with van der Waals surface area (Å²) in [5.41, 5.74) is 0.649. The summed E-state index contributed by atoms with van der Waals surface area (Å²) in [5, 5.41) is -0.237. The Labute approximate surface area is 145 Å². The van der Waals surface area contributed by atoms with Crippen molar-refractivity contribution in [3.8, 4) is 17.2 Å². The molecule has 24 heavy (non-hydrogen) atoms. The first kappa shape index (κ1) is 18.2. The van der Waals surface area contributed by atoms with E-state index >= 15 is 0 Å². The van der Waals surface area contributed by atoms with E-state index in [0.717, 1.165) is 24.6 Å². The number of methoxy groups -OCH3 is 3. The molecule has 2 amide bonds. The lowest BCUT2D eigenvalue weighted by atomic mass is 10.1. The summed E-state index contributed by atoms with van der Waals surface area (Å²) in [6.45, 7) is 2.46. The number of rotatable bonds is 7. The molecule has 1 fully saturated rings. The summed E-state index contributed by atoms with van der Waals surface area (Å²) in [7, 11) is 4.61. The molecule has 7 heteroatoms. The van der Waals surface area contributed by atoms with Crippen LogP contribution in [0.2, 0.25) is 0 Å². The summed E-state index contributed by atoms with van der Waals surface area (Å²) in [5.74, 6) is 1.32. The molecule has 0 spiro atoms. The highest BCUT2D eigenvalue weighted by Crippen LogP contribution is 2.38. The van der Waals surface area contributed by atoms with Gasteiger partial charge in [-0.15, -0.1) is 0 Å². The van der Waals surface area contributed by atoms with E-state index < -0.39 is 0 Å². The highest BCUT2D eigenvalue weighted by Gasteiger charge is 2.34. The fourth-order valence-electron chi connectivity index (χ4n) is 2.32. The largest absolute Gasteiger partial charge is 0.496 e. The number of hydrogen-bond donors (Lipinski definition) is 0. The average Bonchev–Trinajstić information content (AvgIpc) is 2.86. The van der Waals surface area contributed by atoms with Gasteiger partial charge in [0.05, 0.1) is 26.2 Å². The van der Waals surface area contributed by atoms with Gasteiger partial charge in [-0.1, -0.05) is 13.3 Å². The third kappa shape index (κ3) is 3.67. The number of ether oxygens (including phenoxy) is 3. The van der Waals surface area contributed by atoms with Gasteiger partial charge in [0, 0.05) is 18.2 Å². The second-order valence-corrected chi connectivity index (χ2v) is 6.13. The molecule has 1 aromatic rings. The van der Waals surface area contributed by atoms with Crippen molar-refractivity contribution in [2.24, 2.45) is 0 Å². The lowest BCUT2D eigenvalue weighted by molar-refractivity contribution is -0.122. The second-order valence-electron chi connectivity index (χ2n) is 5.14. The van der Waals surface area contributed by atoms with Gasteiger partial charge in [0.15, 0.2) is 11.5 Å². The van der Waals surface area contributed by atoms with Gasteiger partial charge in [-0.3, -0.25) is 14.5 Å². The van der Waals surface area contributed by atoms with E-state index in [1.165, 1.54) is 26.2 Å². The van der Waals surface area contributed by atoms with Crippen LogP contribution in [-0.2, 0) is 4.79 Å². The maximum atomic E-state index is 12.4. The third-order valence-electron chi connectivity index (χ3n) is 3.63. The topological polar surface area (TPSA) is 65.1 Å². The summed E-state index contributed by atoms with van der Waals surface area (Å²) in [6, 6.07) is 3.41. The summed E-state index contributed by atoms with van der Waals surface area (Å²) >= 11 is 0.941. The number of amides is 2. The van der Waals surface area contributed by atoms with Gasteiger partial charge in [0.25, 0.3) is 11.1 Å². The van der Waals surface area contributed by atoms with E-state index in [1.807, 2.05) is 6.92 Å². The zero-order valence-corrected chi connectivity index (χ0v) is 15.1. The van der Waals surface area contributed by atoms with Crippen molar-refractivity contribution in [2.45, 2.75) is 19.8 Å². The van der Waals surface area contributed by atoms with Crippen molar-refractivity contribution in [3.05, 3.63) is 22.6 Å². The Morgan fingerprint density at radius 2 is 1.67 bits per heavy atom. The molecule has 130 valence electrons. The fraction of sp³-hybridized carbons (Fsp3) is 0.412. The van der Waals surface area contributed by atoms with Crippen molar-refractivity contribution >= 4 is 29.0 Å². The van der Waals surface area contributed by atoms with Crippen LogP contribution in [0.15, 0.2) is 17.0 Å². The quantitative estimate of drug-likeness (QED) is 0.700. The molecule has 0 unspecified atom stereocenters. The van der Waals surface area contributed by atoms with Gasteiger partial charge in [0.1, 0.15) is 5.75 Å². The lowest BCUT2D eigenvalue weighted by Gasteiger charge is -2.13. The standard InChI is InChI=1S/C17H21NO5S/c1-5-6-7-18-16(19)15(24-17(18)20)9-11-8-13(22-3)14(23-4)10-12(11)21-2/h8-10H,5-7H2,1-4H3/b15-9-. The van der Waals surface area contributed by atoms with Crippen LogP contribution in [-0.4, -0.2) is 43.9 Å². The van der Waals surface area contributed by atoms with Crippen LogP contribution >= 0.6 is 11.8 Å². The Balaban J connectivity index is 2.37. The van der Waals surface area contributed by atoms with E-state index in [-0.39, 0.29) is 11.1 Å². The smallest absolute Gasteiger partial charge is 0.293 e. The van der Waals surface area contributed by atoms with Crippen molar-refractivity contribution in [3.63, 3.8) is 0 Å². The predicted octanol–water partition coefficient (Wildman–Crippen LogP) is 3.55. The maximum absolute atomic E-state index is 12.4. The Morgan fingerprint density at radius 1 is 1.04 bits per heavy atom. The van der Waals surface area contributed by atoms with E-state index in [2.05, 4.69) is 0 Å². The highest BCUT2D eigenvalue weighted by atomic mass is 32.2. The first-order chi connectivity index (χ1) is 11.5. The molecular formula is C17H21NO5S. The first-order valence-electron chi connectivity index (χ1n) is 7.61. The van der Waals surface area contributed by atoms with E-state index in [0.29, 0.717) is 34.3 Å². The lowest BCUT2D eigenvalue weighted by Crippen LogP contribution is -2.29. The molecule has 0 bridgehead atoms. The minimum Gasteiger partial charge on any atom is -0.496 e. The minimum atomic E-state index is -0.268. The molecule has 0 N–H and O–H groups in total. The van der Waals surface area contributed by atoms with Crippen LogP contribution in [0.5, 0.6) is 17.2 Å². The highest BCUT2D eigenvalue weighted by molar-refractivity contribution is 8.18. The minimum absolute atomic E-state index is 0.237. The molecule has 1 aliphatic rings. The zero-order chi connectivity index (χ0) is 17.7. The van der Waals surface area contributed by atoms with Gasteiger partial charge in [-0.2, -0.15) is 0 Å². The molecule has 2 rings (SSSR count). The Morgan fingerprint density at radius 3 is 2.25 bits per heavy atom. The number of benzene rings is 1. The van der Waals surface area contributed by atoms with Gasteiger partial charge in [-0.05, 0) is 30.3 Å². The number of nitrogens with zero attached hydrogens (tertiary/aromatic N) is 1. The van der Waals surface area contributed by atoms with Gasteiger partial charge in [-0.25, -0.2) is 0 Å². The van der Waals surface area contributed by atoms with Crippen molar-refractivity contribution in [1.29, 1.82) is 0 Å². The van der Waals surface area contributed by atoms with Gasteiger partial charge in [0.2, 0.25) is 0 Å². The monoisotopic (exact) mass is 351 g/mol. The summed E-state index contributed by atoms with van der Waals surface area (Å²) in [4.78, 5) is 26.1. The molecule has 0 aliphatic carbocycles. The number of thioether (sulfide) groups is 1. The molecule has 1 heterocycles. The van der Waals surface area contributed by atoms with Gasteiger partial charge >= 0.3 is 0 Å². The summed E-state index contributed by atoms with van der Waals surface area (Å²) < 4.78 is 15.9. The zero-order valence-electron chi connectivity index (χ0n) is 14.3. The second kappa shape index (κ2) is 8.10. The Hall–Kier alpha value is -2.15. The molecular weight excluding hydrogens is 330 g/mol. The normalized spacial score (nSPS) is 16.0. The van der Waals surface area contributed by atoms with Crippen LogP contribution < -0.4 is 14.2 Å². The molecule has 0 radical (unpaired) electrons. The predicted molar refractivity (Wildman–Crippen MR) is 93.7 cm³/mol. The molecule has 1 aromatic carbocycles. The SMILES string of the molecule is CCCCN1C(=O)S/C(=C\c2cc(OC)c(OC)cc2OC)C1=O. The first-order valence-corrected chi connectivity index (χ1v) is 8.42. The number of carbonyl (C=O) groups excluding carboxylic acids is 2. The fourth-order valence-corrected chi connectivity index (χ4v) is 3.17. The maximum Gasteiger partial charge on any atom is 0.293 e. The van der Waals surface area contributed by atoms with Crippen LogP contribution in [0.1, 0.15) is 25.3 Å². The van der Waals surface area contributed by atoms with E-state index in [9.17, 15) is 9.59 Å².